The fraction of sp³-hybridized carbons (Fsp3) is 0.556. The van der Waals surface area contributed by atoms with Gasteiger partial charge in [0.05, 0.1) is 12.8 Å². The molecular weight excluding hydrogens is 504 g/mol. The summed E-state index contributed by atoms with van der Waals surface area (Å²) in [4.78, 5) is 97.1. The Morgan fingerprint density at radius 1 is 0.541 bits per heavy atom. The highest BCUT2D eigenvalue weighted by Gasteiger charge is 2.30. The lowest BCUT2D eigenvalue weighted by molar-refractivity contribution is -0.171. The van der Waals surface area contributed by atoms with Crippen LogP contribution in [0, 0.1) is 0 Å². The van der Waals surface area contributed by atoms with Gasteiger partial charge in [0, 0.05) is 12.8 Å². The van der Waals surface area contributed by atoms with Gasteiger partial charge in [-0.3, -0.25) is 19.2 Å². The zero-order chi connectivity index (χ0) is 28.7. The Bertz CT molecular complexity index is 827. The van der Waals surface area contributed by atoms with Crippen LogP contribution in [0.15, 0.2) is 0 Å². The highest BCUT2D eigenvalue weighted by Crippen LogP contribution is 2.05. The Morgan fingerprint density at radius 2 is 0.865 bits per heavy atom. The first-order valence-electron chi connectivity index (χ1n) is 10.5. The zero-order valence-electron chi connectivity index (χ0n) is 19.5. The van der Waals surface area contributed by atoms with Gasteiger partial charge in [-0.25, -0.2) is 24.1 Å². The van der Waals surface area contributed by atoms with Gasteiger partial charge in [-0.2, -0.15) is 11.0 Å². The number of nitrogens with one attached hydrogen (secondary N) is 2. The first-order chi connectivity index (χ1) is 17.1. The van der Waals surface area contributed by atoms with Crippen molar-refractivity contribution in [1.29, 1.82) is 0 Å². The lowest BCUT2D eigenvalue weighted by Crippen LogP contribution is -2.49. The van der Waals surface area contributed by atoms with E-state index >= 15 is 0 Å². The number of hydrogen-bond donors (Lipinski definition) is 8. The standard InChI is InChI=1S/C18H30N8O11/c19-7(5-13(23)29)15(31)35-17(33)9(1-3-11(21)27)25-37-26-10(2-4-12(22)28)18(34)36-16(32)8(20)6-14(24)30/h7-10,25-26H,1-6,19-20H2,(H2,21,27)(H2,22,28)(H2,23,29)(H2,24,30)/t7-,8-,9-,10-/m0/s1. The monoisotopic (exact) mass is 534 g/mol. The number of amides is 4. The normalized spacial score (nSPS) is 13.9. The van der Waals surface area contributed by atoms with Crippen LogP contribution in [-0.2, 0) is 52.8 Å². The second-order valence-corrected chi connectivity index (χ2v) is 7.49. The average molecular weight is 534 g/mol. The van der Waals surface area contributed by atoms with Gasteiger partial charge in [0.2, 0.25) is 23.6 Å². The maximum Gasteiger partial charge on any atom is 0.333 e. The molecule has 0 aliphatic heterocycles. The third kappa shape index (κ3) is 14.8. The minimum absolute atomic E-state index is 0.370. The molecule has 0 bridgehead atoms. The van der Waals surface area contributed by atoms with E-state index in [1.54, 1.807) is 0 Å². The van der Waals surface area contributed by atoms with Crippen LogP contribution in [0.25, 0.3) is 0 Å². The van der Waals surface area contributed by atoms with E-state index < -0.39 is 97.4 Å². The maximum atomic E-state index is 12.3. The van der Waals surface area contributed by atoms with Crippen molar-refractivity contribution in [1.82, 2.24) is 11.0 Å². The van der Waals surface area contributed by atoms with Gasteiger partial charge in [-0.15, -0.1) is 0 Å². The quantitative estimate of drug-likeness (QED) is 0.0460. The molecule has 14 N–H and O–H groups in total. The van der Waals surface area contributed by atoms with E-state index in [9.17, 15) is 38.4 Å². The second kappa shape index (κ2) is 16.6. The fourth-order valence-corrected chi connectivity index (χ4v) is 2.29. The Morgan fingerprint density at radius 3 is 1.14 bits per heavy atom. The smallest absolute Gasteiger partial charge is 0.333 e. The van der Waals surface area contributed by atoms with Crippen LogP contribution in [0.3, 0.4) is 0 Å². The van der Waals surface area contributed by atoms with Gasteiger partial charge in [0.15, 0.2) is 0 Å². The third-order valence-corrected chi connectivity index (χ3v) is 4.18. The van der Waals surface area contributed by atoms with E-state index in [4.69, 9.17) is 39.3 Å². The SMILES string of the molecule is NC(=O)CC[C@H](NON[C@@H](CCC(N)=O)C(=O)OC(=O)[C@@H](N)CC(N)=O)C(=O)OC(=O)[C@@H](N)CC(N)=O. The van der Waals surface area contributed by atoms with Gasteiger partial charge in [-0.05, 0) is 12.8 Å². The summed E-state index contributed by atoms with van der Waals surface area (Å²) in [5, 5.41) is 0. The molecule has 0 aromatic heterocycles. The molecule has 0 heterocycles. The molecule has 4 amide bonds. The van der Waals surface area contributed by atoms with Crippen molar-refractivity contribution in [3.05, 3.63) is 0 Å². The van der Waals surface area contributed by atoms with Gasteiger partial charge < -0.3 is 43.9 Å². The predicted octanol–water partition coefficient (Wildman–Crippen LogP) is -6.17. The minimum Gasteiger partial charge on any atom is -0.391 e. The van der Waals surface area contributed by atoms with E-state index in [2.05, 4.69) is 20.4 Å². The molecule has 0 fully saturated rings. The van der Waals surface area contributed by atoms with Crippen molar-refractivity contribution in [2.24, 2.45) is 34.4 Å². The van der Waals surface area contributed by atoms with Crippen LogP contribution < -0.4 is 45.4 Å². The van der Waals surface area contributed by atoms with E-state index in [1.807, 2.05) is 0 Å². The van der Waals surface area contributed by atoms with Crippen molar-refractivity contribution in [3.8, 4) is 0 Å². The Kier molecular flexibility index (Phi) is 14.8. The maximum absolute atomic E-state index is 12.3. The third-order valence-electron chi connectivity index (χ3n) is 4.18. The van der Waals surface area contributed by atoms with Gasteiger partial charge in [0.1, 0.15) is 24.2 Å². The molecule has 0 saturated carbocycles. The molecule has 0 aliphatic carbocycles. The number of esters is 4. The van der Waals surface area contributed by atoms with Crippen molar-refractivity contribution in [3.63, 3.8) is 0 Å². The summed E-state index contributed by atoms with van der Waals surface area (Å²) in [7, 11) is 0. The van der Waals surface area contributed by atoms with Gasteiger partial charge >= 0.3 is 23.9 Å². The summed E-state index contributed by atoms with van der Waals surface area (Å²) in [5.41, 5.74) is 34.8. The number of carbonyl (C=O) groups excluding carboxylic acids is 8. The summed E-state index contributed by atoms with van der Waals surface area (Å²) < 4.78 is 9.04. The molecule has 0 aliphatic rings. The molecule has 0 rings (SSSR count). The first-order valence-corrected chi connectivity index (χ1v) is 10.5. The molecule has 0 spiro atoms. The second-order valence-electron chi connectivity index (χ2n) is 7.49. The average Bonchev–Trinajstić information content (AvgIpc) is 2.76. The van der Waals surface area contributed by atoms with E-state index in [0.29, 0.717) is 0 Å². The van der Waals surface area contributed by atoms with Crippen LogP contribution >= 0.6 is 0 Å². The van der Waals surface area contributed by atoms with E-state index in [1.165, 1.54) is 0 Å². The molecule has 4 atom stereocenters. The molecule has 19 nitrogen and oxygen atoms in total. The van der Waals surface area contributed by atoms with Crippen molar-refractivity contribution in [2.45, 2.75) is 62.7 Å². The highest BCUT2D eigenvalue weighted by molar-refractivity contribution is 5.94. The lowest BCUT2D eigenvalue weighted by Gasteiger charge is -2.20. The Labute approximate surface area is 209 Å². The number of hydrogen-bond acceptors (Lipinski definition) is 15. The number of rotatable bonds is 18. The molecule has 19 heteroatoms. The largest absolute Gasteiger partial charge is 0.391 e. The summed E-state index contributed by atoms with van der Waals surface area (Å²) in [5.74, 6) is -8.77. The van der Waals surface area contributed by atoms with Crippen LogP contribution in [0.2, 0.25) is 0 Å². The summed E-state index contributed by atoms with van der Waals surface area (Å²) in [6, 6.07) is -6.21. The van der Waals surface area contributed by atoms with Gasteiger partial charge in [0.25, 0.3) is 0 Å². The number of ether oxygens (including phenoxy) is 2. The summed E-state index contributed by atoms with van der Waals surface area (Å²) in [6.45, 7) is 0. The van der Waals surface area contributed by atoms with Crippen molar-refractivity contribution in [2.75, 3.05) is 0 Å². The van der Waals surface area contributed by atoms with Crippen LogP contribution in [0.4, 0.5) is 0 Å². The summed E-state index contributed by atoms with van der Waals surface area (Å²) in [6.07, 6.45) is -2.76. The minimum atomic E-state index is -1.55. The van der Waals surface area contributed by atoms with E-state index in [0.717, 1.165) is 0 Å². The number of carbonyl (C=O) groups is 8. The molecule has 0 radical (unpaired) electrons. The topological polar surface area (TPSA) is 344 Å². The number of primary amides is 4. The lowest BCUT2D eigenvalue weighted by atomic mass is 10.1. The molecule has 37 heavy (non-hydrogen) atoms. The van der Waals surface area contributed by atoms with Crippen LogP contribution in [0.5, 0.6) is 0 Å². The highest BCUT2D eigenvalue weighted by atomic mass is 16.8. The Balaban J connectivity index is 5.27. The Hall–Kier alpha value is -4.04. The molecule has 0 aromatic rings. The summed E-state index contributed by atoms with van der Waals surface area (Å²) >= 11 is 0. The van der Waals surface area contributed by atoms with Crippen LogP contribution in [-0.4, -0.2) is 71.7 Å². The molecular formula is C18H30N8O11. The first kappa shape index (κ1) is 33.0. The van der Waals surface area contributed by atoms with Gasteiger partial charge in [-0.1, -0.05) is 0 Å². The number of nitrogens with two attached hydrogens (primary N) is 6. The van der Waals surface area contributed by atoms with Crippen molar-refractivity contribution >= 4 is 47.5 Å². The fourth-order valence-electron chi connectivity index (χ4n) is 2.29. The zero-order valence-corrected chi connectivity index (χ0v) is 19.5. The molecule has 0 saturated heterocycles. The molecule has 0 aromatic carbocycles. The predicted molar refractivity (Wildman–Crippen MR) is 118 cm³/mol. The number of hydroxylamine groups is 2. The molecule has 208 valence electrons. The van der Waals surface area contributed by atoms with E-state index in [-0.39, 0.29) is 12.8 Å². The van der Waals surface area contributed by atoms with Crippen molar-refractivity contribution < 1.29 is 52.8 Å². The van der Waals surface area contributed by atoms with Crippen LogP contribution in [0.1, 0.15) is 38.5 Å². The molecule has 0 unspecified atom stereocenters.